The first-order chi connectivity index (χ1) is 10.9. The third-order valence-electron chi connectivity index (χ3n) is 3.79. The van der Waals surface area contributed by atoms with Crippen LogP contribution < -0.4 is 0 Å². The molecule has 2 heterocycles. The quantitative estimate of drug-likeness (QED) is 0.855. The van der Waals surface area contributed by atoms with Crippen molar-refractivity contribution in [3.8, 4) is 5.69 Å². The van der Waals surface area contributed by atoms with E-state index in [0.29, 0.717) is 24.3 Å². The molecule has 23 heavy (non-hydrogen) atoms. The van der Waals surface area contributed by atoms with Crippen molar-refractivity contribution in [1.82, 2.24) is 14.7 Å². The lowest BCUT2D eigenvalue weighted by Crippen LogP contribution is -2.53. The Morgan fingerprint density at radius 1 is 1.39 bits per heavy atom. The molecule has 0 aliphatic carbocycles. The third-order valence-corrected chi connectivity index (χ3v) is 3.79. The minimum absolute atomic E-state index is 0.0238. The molecule has 1 aromatic carbocycles. The molecule has 0 N–H and O–H groups in total. The highest BCUT2D eigenvalue weighted by Crippen LogP contribution is 2.22. The van der Waals surface area contributed by atoms with E-state index in [9.17, 15) is 9.18 Å². The molecule has 0 bridgehead atoms. The molecule has 122 valence electrons. The molecule has 0 radical (unpaired) electrons. The standard InChI is InChI=1S/C17H20FN3O2/c1-12-9-20(11-17(2,3)23-12)16(22)13-8-19-21(10-13)15-7-5-4-6-14(15)18/h4-8,10,12H,9,11H2,1-3H3/t12-/m1/s1. The maximum atomic E-state index is 13.8. The number of ether oxygens (including phenoxy) is 1. The molecule has 2 aromatic rings. The first-order valence-corrected chi connectivity index (χ1v) is 7.62. The molecule has 0 spiro atoms. The van der Waals surface area contributed by atoms with E-state index < -0.39 is 0 Å². The van der Waals surface area contributed by atoms with Gasteiger partial charge in [0.25, 0.3) is 5.91 Å². The number of hydrogen-bond acceptors (Lipinski definition) is 3. The van der Waals surface area contributed by atoms with Crippen LogP contribution >= 0.6 is 0 Å². The Bertz CT molecular complexity index is 726. The lowest BCUT2D eigenvalue weighted by atomic mass is 10.0. The van der Waals surface area contributed by atoms with Crippen molar-refractivity contribution in [2.75, 3.05) is 13.1 Å². The fourth-order valence-corrected chi connectivity index (χ4v) is 2.99. The second kappa shape index (κ2) is 5.77. The summed E-state index contributed by atoms with van der Waals surface area (Å²) >= 11 is 0. The zero-order valence-corrected chi connectivity index (χ0v) is 13.5. The summed E-state index contributed by atoms with van der Waals surface area (Å²) < 4.78 is 21.0. The molecule has 1 amide bonds. The molecule has 5 nitrogen and oxygen atoms in total. The van der Waals surface area contributed by atoms with Crippen molar-refractivity contribution < 1.29 is 13.9 Å². The summed E-state index contributed by atoms with van der Waals surface area (Å²) in [4.78, 5) is 14.4. The summed E-state index contributed by atoms with van der Waals surface area (Å²) in [6.45, 7) is 6.93. The monoisotopic (exact) mass is 317 g/mol. The minimum Gasteiger partial charge on any atom is -0.369 e. The Morgan fingerprint density at radius 3 is 2.83 bits per heavy atom. The number of rotatable bonds is 2. The zero-order valence-electron chi connectivity index (χ0n) is 13.5. The molecule has 1 aromatic heterocycles. The number of para-hydroxylation sites is 1. The molecule has 6 heteroatoms. The molecule has 1 saturated heterocycles. The molecule has 1 aliphatic rings. The topological polar surface area (TPSA) is 47.4 Å². The van der Waals surface area contributed by atoms with Gasteiger partial charge in [-0.15, -0.1) is 0 Å². The summed E-state index contributed by atoms with van der Waals surface area (Å²) in [6.07, 6.45) is 3.01. The summed E-state index contributed by atoms with van der Waals surface area (Å²) in [6, 6.07) is 6.33. The van der Waals surface area contributed by atoms with E-state index in [1.807, 2.05) is 20.8 Å². The first kappa shape index (κ1) is 15.7. The van der Waals surface area contributed by atoms with Crippen LogP contribution in [0, 0.1) is 5.82 Å². The first-order valence-electron chi connectivity index (χ1n) is 7.62. The molecule has 1 aliphatic heterocycles. The van der Waals surface area contributed by atoms with Crippen LogP contribution in [0.5, 0.6) is 0 Å². The van der Waals surface area contributed by atoms with Gasteiger partial charge in [-0.05, 0) is 32.9 Å². The van der Waals surface area contributed by atoms with E-state index in [1.54, 1.807) is 29.3 Å². The number of hydrogen-bond donors (Lipinski definition) is 0. The van der Waals surface area contributed by atoms with Crippen LogP contribution in [0.4, 0.5) is 4.39 Å². The van der Waals surface area contributed by atoms with Gasteiger partial charge in [-0.2, -0.15) is 5.10 Å². The van der Waals surface area contributed by atoms with Crippen molar-refractivity contribution in [1.29, 1.82) is 0 Å². The normalized spacial score (nSPS) is 20.5. The molecule has 1 atom stereocenters. The van der Waals surface area contributed by atoms with Gasteiger partial charge in [0.2, 0.25) is 0 Å². The molecule has 1 fully saturated rings. The average molecular weight is 317 g/mol. The predicted molar refractivity (Wildman–Crippen MR) is 84.1 cm³/mol. The Kier molecular flexibility index (Phi) is 3.93. The van der Waals surface area contributed by atoms with Crippen molar-refractivity contribution >= 4 is 5.91 Å². The summed E-state index contributed by atoms with van der Waals surface area (Å²) in [7, 11) is 0. The van der Waals surface area contributed by atoms with E-state index in [-0.39, 0.29) is 23.4 Å². The zero-order chi connectivity index (χ0) is 16.6. The van der Waals surface area contributed by atoms with Gasteiger partial charge in [-0.3, -0.25) is 4.79 Å². The maximum Gasteiger partial charge on any atom is 0.257 e. The average Bonchev–Trinajstić information content (AvgIpc) is 2.94. The Morgan fingerprint density at radius 2 is 2.13 bits per heavy atom. The van der Waals surface area contributed by atoms with Crippen molar-refractivity contribution in [2.45, 2.75) is 32.5 Å². The second-order valence-electron chi connectivity index (χ2n) is 6.50. The maximum absolute atomic E-state index is 13.8. The number of carbonyl (C=O) groups excluding carboxylic acids is 1. The summed E-state index contributed by atoms with van der Waals surface area (Å²) in [5, 5.41) is 4.12. The Hall–Kier alpha value is -2.21. The van der Waals surface area contributed by atoms with Crippen LogP contribution in [-0.4, -0.2) is 45.4 Å². The largest absolute Gasteiger partial charge is 0.369 e. The minimum atomic E-state index is -0.380. The number of halogens is 1. The smallest absolute Gasteiger partial charge is 0.257 e. The highest BCUT2D eigenvalue weighted by Gasteiger charge is 2.34. The third kappa shape index (κ3) is 3.27. The van der Waals surface area contributed by atoms with Gasteiger partial charge in [0.1, 0.15) is 11.5 Å². The van der Waals surface area contributed by atoms with Crippen LogP contribution in [0.3, 0.4) is 0 Å². The number of benzene rings is 1. The fraction of sp³-hybridized carbons (Fsp3) is 0.412. The Balaban J connectivity index is 1.83. The fourth-order valence-electron chi connectivity index (χ4n) is 2.99. The van der Waals surface area contributed by atoms with Gasteiger partial charge in [-0.25, -0.2) is 9.07 Å². The van der Waals surface area contributed by atoms with Gasteiger partial charge >= 0.3 is 0 Å². The van der Waals surface area contributed by atoms with Gasteiger partial charge in [-0.1, -0.05) is 12.1 Å². The van der Waals surface area contributed by atoms with Gasteiger partial charge in [0.05, 0.1) is 23.5 Å². The number of carbonyl (C=O) groups is 1. The molecular formula is C17H20FN3O2. The predicted octanol–water partition coefficient (Wildman–Crippen LogP) is 2.65. The lowest BCUT2D eigenvalue weighted by molar-refractivity contribution is -0.118. The van der Waals surface area contributed by atoms with Crippen molar-refractivity contribution in [2.24, 2.45) is 0 Å². The van der Waals surface area contributed by atoms with Crippen LogP contribution in [0.25, 0.3) is 5.69 Å². The van der Waals surface area contributed by atoms with E-state index in [1.165, 1.54) is 16.9 Å². The molecule has 0 unspecified atom stereocenters. The van der Waals surface area contributed by atoms with Crippen LogP contribution in [-0.2, 0) is 4.74 Å². The van der Waals surface area contributed by atoms with Crippen molar-refractivity contribution in [3.05, 3.63) is 48.0 Å². The number of morpholine rings is 1. The molecular weight excluding hydrogens is 297 g/mol. The number of aromatic nitrogens is 2. The number of amides is 1. The lowest BCUT2D eigenvalue weighted by Gasteiger charge is -2.41. The highest BCUT2D eigenvalue weighted by atomic mass is 19.1. The van der Waals surface area contributed by atoms with E-state index in [2.05, 4.69) is 5.10 Å². The van der Waals surface area contributed by atoms with Crippen LogP contribution in [0.15, 0.2) is 36.7 Å². The molecule has 0 saturated carbocycles. The van der Waals surface area contributed by atoms with Crippen molar-refractivity contribution in [3.63, 3.8) is 0 Å². The highest BCUT2D eigenvalue weighted by molar-refractivity contribution is 5.94. The Labute approximate surface area is 134 Å². The van der Waals surface area contributed by atoms with Crippen LogP contribution in [0.2, 0.25) is 0 Å². The van der Waals surface area contributed by atoms with Gasteiger partial charge in [0, 0.05) is 19.3 Å². The van der Waals surface area contributed by atoms with E-state index >= 15 is 0 Å². The summed E-state index contributed by atoms with van der Waals surface area (Å²) in [5.41, 5.74) is 0.384. The number of nitrogens with zero attached hydrogens (tertiary/aromatic N) is 3. The molecule has 3 rings (SSSR count). The van der Waals surface area contributed by atoms with Crippen LogP contribution in [0.1, 0.15) is 31.1 Å². The van der Waals surface area contributed by atoms with E-state index in [4.69, 9.17) is 4.74 Å². The van der Waals surface area contributed by atoms with Gasteiger partial charge in [0.15, 0.2) is 0 Å². The van der Waals surface area contributed by atoms with Gasteiger partial charge < -0.3 is 9.64 Å². The second-order valence-corrected chi connectivity index (χ2v) is 6.50. The van der Waals surface area contributed by atoms with E-state index in [0.717, 1.165) is 0 Å². The summed E-state index contributed by atoms with van der Waals surface area (Å²) in [5.74, 6) is -0.494. The SMILES string of the molecule is C[C@@H]1CN(C(=O)c2cnn(-c3ccccc3F)c2)CC(C)(C)O1.